The minimum Gasteiger partial charge on any atom is -0.363 e. The molecule has 37 heavy (non-hydrogen) atoms. The van der Waals surface area contributed by atoms with Gasteiger partial charge in [0.25, 0.3) is 0 Å². The second-order valence-electron chi connectivity index (χ2n) is 9.80. The van der Waals surface area contributed by atoms with Crippen molar-refractivity contribution in [2.24, 2.45) is 0 Å². The van der Waals surface area contributed by atoms with Crippen molar-refractivity contribution in [1.82, 2.24) is 15.6 Å². The number of para-hydroxylation sites is 1. The van der Waals surface area contributed by atoms with E-state index in [9.17, 15) is 22.8 Å². The summed E-state index contributed by atoms with van der Waals surface area (Å²) in [6.45, 7) is 0.395. The van der Waals surface area contributed by atoms with E-state index in [-0.39, 0.29) is 35.5 Å². The molecule has 4 rings (SSSR count). The number of benzene rings is 1. The van der Waals surface area contributed by atoms with Crippen LogP contribution in [0.5, 0.6) is 0 Å². The van der Waals surface area contributed by atoms with Gasteiger partial charge >= 0.3 is 0 Å². The van der Waals surface area contributed by atoms with Crippen LogP contribution in [0.4, 0.5) is 5.69 Å². The van der Waals surface area contributed by atoms with Crippen molar-refractivity contribution in [2.75, 3.05) is 24.2 Å². The van der Waals surface area contributed by atoms with Gasteiger partial charge in [0.1, 0.15) is 10.7 Å². The van der Waals surface area contributed by atoms with Crippen molar-refractivity contribution in [3.8, 4) is 0 Å². The largest absolute Gasteiger partial charge is 0.363 e. The maximum absolute atomic E-state index is 13.5. The molecular formula is C26H31ClN4O5S. The number of ketones is 1. The van der Waals surface area contributed by atoms with Gasteiger partial charge in [0.05, 0.1) is 29.6 Å². The second kappa shape index (κ2) is 11.2. The fourth-order valence-corrected chi connectivity index (χ4v) is 6.10. The van der Waals surface area contributed by atoms with Gasteiger partial charge in [-0.25, -0.2) is 13.4 Å². The van der Waals surface area contributed by atoms with Crippen LogP contribution in [0.1, 0.15) is 44.1 Å². The molecule has 0 spiro atoms. The summed E-state index contributed by atoms with van der Waals surface area (Å²) in [5.74, 6) is -0.842. The first-order chi connectivity index (χ1) is 17.6. The molecule has 2 N–H and O–H groups in total. The zero-order chi connectivity index (χ0) is 26.6. The van der Waals surface area contributed by atoms with E-state index in [2.05, 4.69) is 15.6 Å². The summed E-state index contributed by atoms with van der Waals surface area (Å²) in [5.41, 5.74) is 0.0937. The lowest BCUT2D eigenvalue weighted by atomic mass is 9.80. The van der Waals surface area contributed by atoms with Crippen molar-refractivity contribution in [3.05, 3.63) is 53.3 Å². The Balaban J connectivity index is 1.43. The fourth-order valence-electron chi connectivity index (χ4n) is 5.08. The minimum absolute atomic E-state index is 0.0135. The zero-order valence-electron chi connectivity index (χ0n) is 20.7. The number of halogens is 1. The third-order valence-electron chi connectivity index (χ3n) is 7.01. The fraction of sp³-hybridized carbons (Fsp3) is 0.462. The van der Waals surface area contributed by atoms with Gasteiger partial charge in [-0.2, -0.15) is 0 Å². The van der Waals surface area contributed by atoms with Gasteiger partial charge in [-0.15, -0.1) is 0 Å². The highest BCUT2D eigenvalue weighted by atomic mass is 35.5. The van der Waals surface area contributed by atoms with Crippen molar-refractivity contribution in [3.63, 3.8) is 0 Å². The molecule has 2 amide bonds. The first kappa shape index (κ1) is 27.1. The summed E-state index contributed by atoms with van der Waals surface area (Å²) in [5, 5.41) is 6.19. The van der Waals surface area contributed by atoms with E-state index in [0.29, 0.717) is 42.2 Å². The molecule has 9 nitrogen and oxygen atoms in total. The van der Waals surface area contributed by atoms with Crippen LogP contribution in [0.2, 0.25) is 5.15 Å². The number of nitrogens with one attached hydrogen (secondary N) is 2. The minimum atomic E-state index is -3.47. The first-order valence-electron chi connectivity index (χ1n) is 12.4. The van der Waals surface area contributed by atoms with Crippen LogP contribution >= 0.6 is 11.6 Å². The maximum Gasteiger partial charge on any atom is 0.246 e. The molecule has 1 saturated heterocycles. The Labute approximate surface area is 221 Å². The zero-order valence-corrected chi connectivity index (χ0v) is 22.3. The number of rotatable bonds is 7. The van der Waals surface area contributed by atoms with E-state index >= 15 is 0 Å². The average Bonchev–Trinajstić information content (AvgIpc) is 2.86. The number of carbonyl (C=O) groups excluding carboxylic acids is 3. The van der Waals surface area contributed by atoms with Gasteiger partial charge in [-0.1, -0.05) is 49.1 Å². The van der Waals surface area contributed by atoms with Gasteiger partial charge in [-0.05, 0) is 43.0 Å². The first-order valence-corrected chi connectivity index (χ1v) is 14.6. The molecule has 2 aliphatic rings. The van der Waals surface area contributed by atoms with Crippen LogP contribution in [0.25, 0.3) is 0 Å². The van der Waals surface area contributed by atoms with Crippen molar-refractivity contribution >= 4 is 44.7 Å². The predicted octanol–water partition coefficient (Wildman–Crippen LogP) is 2.46. The standard InChI is InChI=1S/C26H31ClN4O5S/c1-37(35,36)22-8-4-3-7-20(22)31-14-11-19(21(32)17-31)29-25(34)26(12-5-2-6-13-26)30-24(33)15-18-9-10-23(27)28-16-18/h3-4,7-10,16,19H,2,5-6,11-15,17H2,1H3,(H,29,34)(H,30,33). The van der Waals surface area contributed by atoms with Crippen LogP contribution in [0, 0.1) is 0 Å². The van der Waals surface area contributed by atoms with Crippen molar-refractivity contribution < 1.29 is 22.8 Å². The Kier molecular flexibility index (Phi) is 8.18. The Hall–Kier alpha value is -2.98. The molecule has 0 bridgehead atoms. The van der Waals surface area contributed by atoms with Crippen LogP contribution in [0.3, 0.4) is 0 Å². The molecule has 198 valence electrons. The Morgan fingerprint density at radius 1 is 1.14 bits per heavy atom. The van der Waals surface area contributed by atoms with E-state index in [1.807, 2.05) is 0 Å². The number of hydrogen-bond donors (Lipinski definition) is 2. The molecule has 2 fully saturated rings. The SMILES string of the molecule is CS(=O)(=O)c1ccccc1N1CCC(NC(=O)C2(NC(=O)Cc3ccc(Cl)nc3)CCCCC2)C(=O)C1. The maximum atomic E-state index is 13.5. The third kappa shape index (κ3) is 6.48. The molecule has 2 heterocycles. The number of carbonyl (C=O) groups is 3. The second-order valence-corrected chi connectivity index (χ2v) is 12.2. The highest BCUT2D eigenvalue weighted by molar-refractivity contribution is 7.90. The van der Waals surface area contributed by atoms with E-state index < -0.39 is 21.4 Å². The Bertz CT molecular complexity index is 1280. The summed E-state index contributed by atoms with van der Waals surface area (Å²) in [4.78, 5) is 45.3. The monoisotopic (exact) mass is 546 g/mol. The lowest BCUT2D eigenvalue weighted by Gasteiger charge is -2.39. The molecule has 1 atom stereocenters. The van der Waals surface area contributed by atoms with E-state index in [1.54, 1.807) is 35.2 Å². The van der Waals surface area contributed by atoms with E-state index in [4.69, 9.17) is 11.6 Å². The smallest absolute Gasteiger partial charge is 0.246 e. The van der Waals surface area contributed by atoms with Crippen LogP contribution in [-0.4, -0.2) is 61.9 Å². The number of anilines is 1. The molecule has 11 heteroatoms. The molecule has 1 saturated carbocycles. The Morgan fingerprint density at radius 3 is 2.51 bits per heavy atom. The number of aromatic nitrogens is 1. The van der Waals surface area contributed by atoms with E-state index in [0.717, 1.165) is 25.5 Å². The summed E-state index contributed by atoms with van der Waals surface area (Å²) in [6, 6.07) is 9.22. The number of Topliss-reactive ketones (excluding diaryl/α,β-unsaturated/α-hetero) is 1. The predicted molar refractivity (Wildman–Crippen MR) is 140 cm³/mol. The number of pyridine rings is 1. The number of hydrogen-bond acceptors (Lipinski definition) is 7. The van der Waals surface area contributed by atoms with Gasteiger partial charge < -0.3 is 15.5 Å². The highest BCUT2D eigenvalue weighted by Gasteiger charge is 2.43. The van der Waals surface area contributed by atoms with Crippen molar-refractivity contribution in [2.45, 2.75) is 61.4 Å². The van der Waals surface area contributed by atoms with Crippen LogP contribution in [-0.2, 0) is 30.6 Å². The molecule has 2 aromatic rings. The molecule has 1 aliphatic heterocycles. The quantitative estimate of drug-likeness (QED) is 0.511. The average molecular weight is 547 g/mol. The highest BCUT2D eigenvalue weighted by Crippen LogP contribution is 2.30. The number of amides is 2. The summed E-state index contributed by atoms with van der Waals surface area (Å²) in [7, 11) is -3.47. The summed E-state index contributed by atoms with van der Waals surface area (Å²) >= 11 is 5.82. The molecule has 1 unspecified atom stereocenters. The van der Waals surface area contributed by atoms with Gasteiger partial charge in [0.15, 0.2) is 15.6 Å². The lowest BCUT2D eigenvalue weighted by Crippen LogP contribution is -2.63. The summed E-state index contributed by atoms with van der Waals surface area (Å²) < 4.78 is 24.4. The summed E-state index contributed by atoms with van der Waals surface area (Å²) in [6.07, 6.45) is 6.64. The van der Waals surface area contributed by atoms with Gasteiger partial charge in [0, 0.05) is 19.0 Å². The van der Waals surface area contributed by atoms with Crippen LogP contribution in [0.15, 0.2) is 47.5 Å². The topological polar surface area (TPSA) is 126 Å². The Morgan fingerprint density at radius 2 is 1.86 bits per heavy atom. The van der Waals surface area contributed by atoms with Gasteiger partial charge in [0.2, 0.25) is 11.8 Å². The number of nitrogens with zero attached hydrogens (tertiary/aromatic N) is 2. The third-order valence-corrected chi connectivity index (χ3v) is 8.38. The number of sulfone groups is 1. The van der Waals surface area contributed by atoms with Crippen LogP contribution < -0.4 is 15.5 Å². The molecule has 1 aromatic carbocycles. The van der Waals surface area contributed by atoms with E-state index in [1.165, 1.54) is 12.3 Å². The van der Waals surface area contributed by atoms with Gasteiger partial charge in [-0.3, -0.25) is 14.4 Å². The number of piperidine rings is 1. The normalized spacial score (nSPS) is 19.8. The molecule has 1 aromatic heterocycles. The van der Waals surface area contributed by atoms with Crippen molar-refractivity contribution in [1.29, 1.82) is 0 Å². The molecule has 1 aliphatic carbocycles. The lowest BCUT2D eigenvalue weighted by molar-refractivity contribution is -0.137. The molecule has 0 radical (unpaired) electrons. The molecular weight excluding hydrogens is 516 g/mol.